The van der Waals surface area contributed by atoms with Gasteiger partial charge in [-0.05, 0) is 37.5 Å². The summed E-state index contributed by atoms with van der Waals surface area (Å²) in [6.45, 7) is 6.24. The first-order valence-electron chi connectivity index (χ1n) is 6.69. The van der Waals surface area contributed by atoms with E-state index in [-0.39, 0.29) is 5.97 Å². The molecule has 1 aromatic rings. The van der Waals surface area contributed by atoms with Crippen LogP contribution >= 0.6 is 6.04 Å². The van der Waals surface area contributed by atoms with E-state index in [2.05, 4.69) is 19.1 Å². The average Bonchev–Trinajstić information content (AvgIpc) is 2.44. The summed E-state index contributed by atoms with van der Waals surface area (Å²) in [6, 6.07) is 8.24. The Morgan fingerprint density at radius 1 is 1.30 bits per heavy atom. The van der Waals surface area contributed by atoms with Gasteiger partial charge in [0.1, 0.15) is 0 Å². The molecule has 0 spiro atoms. The number of rotatable bonds is 3. The lowest BCUT2D eigenvalue weighted by Crippen LogP contribution is -2.17. The second-order valence-corrected chi connectivity index (χ2v) is 9.59. The third-order valence-electron chi connectivity index (χ3n) is 3.54. The number of hydrogen-bond donors (Lipinski definition) is 0. The SMILES string of the molecule is CCOC(=O)C1=CP(=S)(c2ccccc2)CC(C)=C1C. The van der Waals surface area contributed by atoms with E-state index in [9.17, 15) is 4.79 Å². The minimum absolute atomic E-state index is 0.255. The molecule has 1 aromatic carbocycles. The molecule has 2 nitrogen and oxygen atoms in total. The third kappa shape index (κ3) is 2.94. The quantitative estimate of drug-likeness (QED) is 0.630. The number of ether oxygens (including phenoxy) is 1. The van der Waals surface area contributed by atoms with Crippen LogP contribution in [0.15, 0.2) is 52.9 Å². The third-order valence-corrected chi connectivity index (χ3v) is 7.67. The molecule has 1 aliphatic heterocycles. The first-order chi connectivity index (χ1) is 9.48. The Morgan fingerprint density at radius 3 is 2.55 bits per heavy atom. The maximum absolute atomic E-state index is 12.1. The summed E-state index contributed by atoms with van der Waals surface area (Å²) in [4.78, 5) is 12.1. The van der Waals surface area contributed by atoms with Crippen LogP contribution in [0.3, 0.4) is 0 Å². The molecule has 0 amide bonds. The van der Waals surface area contributed by atoms with Crippen molar-refractivity contribution in [2.75, 3.05) is 12.8 Å². The first-order valence-corrected chi connectivity index (χ1v) is 9.74. The molecule has 106 valence electrons. The van der Waals surface area contributed by atoms with E-state index < -0.39 is 6.04 Å². The molecule has 1 atom stereocenters. The summed E-state index contributed by atoms with van der Waals surface area (Å²) in [7, 11) is 0. The normalized spacial score (nSPS) is 22.4. The molecular weight excluding hydrogens is 287 g/mol. The highest BCUT2D eigenvalue weighted by Gasteiger charge is 2.28. The molecule has 0 aromatic heterocycles. The molecule has 2 rings (SSSR count). The van der Waals surface area contributed by atoms with Gasteiger partial charge in [0.2, 0.25) is 0 Å². The van der Waals surface area contributed by atoms with Crippen LogP contribution in [0.1, 0.15) is 20.8 Å². The summed E-state index contributed by atoms with van der Waals surface area (Å²) < 4.78 is 5.16. The largest absolute Gasteiger partial charge is 0.462 e. The second-order valence-electron chi connectivity index (χ2n) is 4.96. The second kappa shape index (κ2) is 6.07. The predicted octanol–water partition coefficient (Wildman–Crippen LogP) is 3.59. The van der Waals surface area contributed by atoms with Crippen LogP contribution < -0.4 is 5.30 Å². The van der Waals surface area contributed by atoms with E-state index in [0.29, 0.717) is 12.2 Å². The molecule has 1 heterocycles. The van der Waals surface area contributed by atoms with Gasteiger partial charge in [0, 0.05) is 12.2 Å². The Balaban J connectivity index is 2.49. The lowest BCUT2D eigenvalue weighted by molar-refractivity contribution is -0.138. The van der Waals surface area contributed by atoms with Crippen LogP contribution in [0.5, 0.6) is 0 Å². The zero-order valence-corrected chi connectivity index (χ0v) is 13.8. The van der Waals surface area contributed by atoms with Crippen LogP contribution in [0.2, 0.25) is 0 Å². The molecule has 1 aliphatic rings. The minimum Gasteiger partial charge on any atom is -0.462 e. The molecule has 4 heteroatoms. The van der Waals surface area contributed by atoms with Gasteiger partial charge in [0.05, 0.1) is 12.2 Å². The Labute approximate surface area is 125 Å². The van der Waals surface area contributed by atoms with Gasteiger partial charge in [0.15, 0.2) is 0 Å². The maximum atomic E-state index is 12.1. The number of allylic oxidation sites excluding steroid dienone is 1. The molecular formula is C16H19O2PS. The van der Waals surface area contributed by atoms with Gasteiger partial charge in [-0.2, -0.15) is 0 Å². The molecule has 0 N–H and O–H groups in total. The minimum atomic E-state index is -1.88. The van der Waals surface area contributed by atoms with Crippen molar-refractivity contribution in [3.63, 3.8) is 0 Å². The summed E-state index contributed by atoms with van der Waals surface area (Å²) in [5.74, 6) is 1.74. The number of carbonyl (C=O) groups is 1. The molecule has 0 aliphatic carbocycles. The zero-order valence-electron chi connectivity index (χ0n) is 12.1. The topological polar surface area (TPSA) is 26.3 Å². The monoisotopic (exact) mass is 306 g/mol. The highest BCUT2D eigenvalue weighted by Crippen LogP contribution is 2.53. The smallest absolute Gasteiger partial charge is 0.338 e. The molecule has 0 saturated carbocycles. The zero-order chi connectivity index (χ0) is 14.8. The van der Waals surface area contributed by atoms with Crippen LogP contribution in [0.4, 0.5) is 0 Å². The van der Waals surface area contributed by atoms with Crippen molar-refractivity contribution in [3.8, 4) is 0 Å². The van der Waals surface area contributed by atoms with Crippen LogP contribution in [0.25, 0.3) is 0 Å². The van der Waals surface area contributed by atoms with Gasteiger partial charge in [-0.3, -0.25) is 0 Å². The molecule has 0 radical (unpaired) electrons. The van der Waals surface area contributed by atoms with E-state index in [1.807, 2.05) is 37.9 Å². The van der Waals surface area contributed by atoms with Crippen molar-refractivity contribution in [1.82, 2.24) is 0 Å². The number of hydrogen-bond acceptors (Lipinski definition) is 3. The Morgan fingerprint density at radius 2 is 1.95 bits per heavy atom. The average molecular weight is 306 g/mol. The van der Waals surface area contributed by atoms with Crippen molar-refractivity contribution in [2.45, 2.75) is 20.8 Å². The molecule has 0 fully saturated rings. The van der Waals surface area contributed by atoms with E-state index in [1.165, 1.54) is 5.57 Å². The molecule has 20 heavy (non-hydrogen) atoms. The van der Waals surface area contributed by atoms with Gasteiger partial charge >= 0.3 is 5.97 Å². The number of esters is 1. The van der Waals surface area contributed by atoms with E-state index >= 15 is 0 Å². The van der Waals surface area contributed by atoms with Crippen molar-refractivity contribution in [1.29, 1.82) is 0 Å². The number of benzene rings is 1. The van der Waals surface area contributed by atoms with Gasteiger partial charge < -0.3 is 4.74 Å². The van der Waals surface area contributed by atoms with E-state index in [1.54, 1.807) is 0 Å². The van der Waals surface area contributed by atoms with Crippen LogP contribution in [-0.2, 0) is 21.3 Å². The fourth-order valence-corrected chi connectivity index (χ4v) is 6.33. The van der Waals surface area contributed by atoms with Gasteiger partial charge in [-0.15, -0.1) is 0 Å². The molecule has 0 saturated heterocycles. The fourth-order valence-electron chi connectivity index (χ4n) is 2.31. The Kier molecular flexibility index (Phi) is 4.62. The highest BCUT2D eigenvalue weighted by molar-refractivity contribution is 8.19. The van der Waals surface area contributed by atoms with Crippen molar-refractivity contribution >= 4 is 29.1 Å². The highest BCUT2D eigenvalue weighted by atomic mass is 32.4. The fraction of sp³-hybridized carbons (Fsp3) is 0.312. The van der Waals surface area contributed by atoms with Crippen LogP contribution in [0, 0.1) is 0 Å². The van der Waals surface area contributed by atoms with Gasteiger partial charge in [-0.25, -0.2) is 4.79 Å². The van der Waals surface area contributed by atoms with E-state index in [0.717, 1.165) is 17.0 Å². The predicted molar refractivity (Wildman–Crippen MR) is 88.3 cm³/mol. The first kappa shape index (κ1) is 15.2. The summed E-state index contributed by atoms with van der Waals surface area (Å²) >= 11 is 5.92. The number of carbonyl (C=O) groups excluding carboxylic acids is 1. The summed E-state index contributed by atoms with van der Waals surface area (Å²) in [5.41, 5.74) is 2.87. The lowest BCUT2D eigenvalue weighted by atomic mass is 10.0. The van der Waals surface area contributed by atoms with Gasteiger partial charge in [0.25, 0.3) is 0 Å². The maximum Gasteiger partial charge on any atom is 0.338 e. The summed E-state index contributed by atoms with van der Waals surface area (Å²) in [5, 5.41) is 1.16. The molecule has 1 unspecified atom stereocenters. The van der Waals surface area contributed by atoms with E-state index in [4.69, 9.17) is 16.5 Å². The lowest BCUT2D eigenvalue weighted by Gasteiger charge is -2.27. The van der Waals surface area contributed by atoms with Crippen LogP contribution in [-0.4, -0.2) is 18.7 Å². The Hall–Kier alpha value is -1.18. The standard InChI is InChI=1S/C16H19O2PS/c1-4-18-16(17)15-11-19(20,10-12(2)13(15)3)14-8-6-5-7-9-14/h5-9,11H,4,10H2,1-3H3. The van der Waals surface area contributed by atoms with Gasteiger partial charge in [-0.1, -0.05) is 47.7 Å². The summed E-state index contributed by atoms with van der Waals surface area (Å²) in [6.07, 6.45) is 0.862. The van der Waals surface area contributed by atoms with Crippen molar-refractivity contribution < 1.29 is 9.53 Å². The molecule has 0 bridgehead atoms. The van der Waals surface area contributed by atoms with Crippen molar-refractivity contribution in [3.05, 3.63) is 52.9 Å². The Bertz CT molecular complexity index is 629. The van der Waals surface area contributed by atoms with Crippen molar-refractivity contribution in [2.24, 2.45) is 0 Å².